The molecule has 0 aromatic rings. The third kappa shape index (κ3) is 10.3. The van der Waals surface area contributed by atoms with Gasteiger partial charge < -0.3 is 5.41 Å². The summed E-state index contributed by atoms with van der Waals surface area (Å²) in [6, 6.07) is 0. The summed E-state index contributed by atoms with van der Waals surface area (Å²) in [4.78, 5) is 0. The molecular weight excluding hydrogens is 141 g/mol. The zero-order valence-corrected chi connectivity index (χ0v) is 7.66. The Bertz CT molecular complexity index is 102. The van der Waals surface area contributed by atoms with Gasteiger partial charge in [-0.3, -0.25) is 0 Å². The number of unbranched alkanes of at least 4 members (excludes halogenated alkanes) is 3. The van der Waals surface area contributed by atoms with Crippen molar-refractivity contribution >= 4 is 24.6 Å². The van der Waals surface area contributed by atoms with Gasteiger partial charge in [0.2, 0.25) is 0 Å². The van der Waals surface area contributed by atoms with E-state index in [1.807, 2.05) is 0 Å². The molecule has 0 aliphatic carbocycles. The van der Waals surface area contributed by atoms with Crippen molar-refractivity contribution in [2.45, 2.75) is 51.9 Å². The first kappa shape index (κ1) is 14.8. The summed E-state index contributed by atoms with van der Waals surface area (Å²) in [5.74, 6) is 0. The molecule has 2 heteroatoms. The Morgan fingerprint density at radius 3 is 2.25 bits per heavy atom. The van der Waals surface area contributed by atoms with E-state index in [2.05, 4.69) is 13.8 Å². The van der Waals surface area contributed by atoms with E-state index in [-0.39, 0.29) is 18.9 Å². The van der Waals surface area contributed by atoms with E-state index in [0.717, 1.165) is 31.4 Å². The first-order valence-electron chi connectivity index (χ1n) is 4.66. The van der Waals surface area contributed by atoms with Crippen molar-refractivity contribution in [1.82, 2.24) is 0 Å². The van der Waals surface area contributed by atoms with E-state index in [9.17, 15) is 0 Å². The Kier molecular flexibility index (Phi) is 13.9. The first-order valence-corrected chi connectivity index (χ1v) is 4.66. The minimum atomic E-state index is 0. The monoisotopic (exact) mass is 162 g/mol. The van der Waals surface area contributed by atoms with Crippen LogP contribution in [-0.4, -0.2) is 24.6 Å². The van der Waals surface area contributed by atoms with Crippen LogP contribution in [0, 0.1) is 12.3 Å². The van der Waals surface area contributed by atoms with Crippen molar-refractivity contribution in [3.8, 4) is 0 Å². The topological polar surface area (TPSA) is 23.9 Å². The predicted octanol–water partition coefficient (Wildman–Crippen LogP) is 2.94. The molecule has 0 atom stereocenters. The van der Waals surface area contributed by atoms with Crippen LogP contribution in [0.25, 0.3) is 0 Å². The van der Waals surface area contributed by atoms with Crippen LogP contribution in [0.3, 0.4) is 0 Å². The average Bonchev–Trinajstić information content (AvgIpc) is 2.01. The molecule has 0 heterocycles. The quantitative estimate of drug-likeness (QED) is 0.338. The normalized spacial score (nSPS) is 9.17. The predicted molar refractivity (Wildman–Crippen MR) is 58.2 cm³/mol. The van der Waals surface area contributed by atoms with Crippen LogP contribution in [0.1, 0.15) is 51.9 Å². The van der Waals surface area contributed by atoms with Crippen LogP contribution >= 0.6 is 0 Å². The number of hydrogen-bond acceptors (Lipinski definition) is 1. The molecule has 0 amide bonds. The van der Waals surface area contributed by atoms with Crippen molar-refractivity contribution in [3.63, 3.8) is 0 Å². The molecule has 0 saturated carbocycles. The van der Waals surface area contributed by atoms with Gasteiger partial charge in [0.05, 0.1) is 0 Å². The summed E-state index contributed by atoms with van der Waals surface area (Å²) in [6.45, 7) is 5.95. The second kappa shape index (κ2) is 11.3. The van der Waals surface area contributed by atoms with Gasteiger partial charge in [0.15, 0.2) is 0 Å². The standard InChI is InChI=1S/C10H20N.Li.H/c1-3-5-7-9-10(11)8-6-4-2;;/h11H,2-9H2,1H3;;. The van der Waals surface area contributed by atoms with Crippen LogP contribution in [0.5, 0.6) is 0 Å². The van der Waals surface area contributed by atoms with Gasteiger partial charge in [-0.25, -0.2) is 0 Å². The maximum absolute atomic E-state index is 7.54. The fourth-order valence-corrected chi connectivity index (χ4v) is 1.05. The summed E-state index contributed by atoms with van der Waals surface area (Å²) < 4.78 is 0. The van der Waals surface area contributed by atoms with Crippen LogP contribution in [0.2, 0.25) is 0 Å². The number of hydrogen-bond donors (Lipinski definition) is 1. The minimum absolute atomic E-state index is 0. The van der Waals surface area contributed by atoms with E-state index >= 15 is 0 Å². The van der Waals surface area contributed by atoms with Gasteiger partial charge in [-0.2, -0.15) is 0 Å². The van der Waals surface area contributed by atoms with Crippen LogP contribution in [0.4, 0.5) is 0 Å². The van der Waals surface area contributed by atoms with Crippen molar-refractivity contribution in [2.24, 2.45) is 0 Å². The Morgan fingerprint density at radius 1 is 1.17 bits per heavy atom. The van der Waals surface area contributed by atoms with Gasteiger partial charge in [-0.05, 0) is 25.7 Å². The molecule has 0 bridgehead atoms. The van der Waals surface area contributed by atoms with Crippen molar-refractivity contribution < 1.29 is 0 Å². The second-order valence-electron chi connectivity index (χ2n) is 3.02. The molecule has 1 nitrogen and oxygen atoms in total. The first-order chi connectivity index (χ1) is 5.31. The molecular formula is C10H21LiN. The van der Waals surface area contributed by atoms with Gasteiger partial charge >= 0.3 is 18.9 Å². The summed E-state index contributed by atoms with van der Waals surface area (Å²) in [7, 11) is 0. The molecule has 12 heavy (non-hydrogen) atoms. The fourth-order valence-electron chi connectivity index (χ4n) is 1.05. The number of nitrogens with one attached hydrogen (secondary N) is 1. The third-order valence-electron chi connectivity index (χ3n) is 1.81. The summed E-state index contributed by atoms with van der Waals surface area (Å²) in [5, 5.41) is 7.54. The van der Waals surface area contributed by atoms with Crippen LogP contribution in [0.15, 0.2) is 0 Å². The van der Waals surface area contributed by atoms with Gasteiger partial charge in [0.1, 0.15) is 0 Å². The van der Waals surface area contributed by atoms with Crippen molar-refractivity contribution in [3.05, 3.63) is 6.92 Å². The molecule has 0 saturated heterocycles. The molecule has 0 aliphatic rings. The Hall–Kier alpha value is 0.267. The molecule has 0 aromatic carbocycles. The SMILES string of the molecule is [CH2]CCCC(=N)CCCCC.[LiH]. The molecule has 1 radical (unpaired) electrons. The van der Waals surface area contributed by atoms with Gasteiger partial charge in [-0.15, -0.1) is 0 Å². The summed E-state index contributed by atoms with van der Waals surface area (Å²) in [6.07, 6.45) is 7.75. The van der Waals surface area contributed by atoms with E-state index < -0.39 is 0 Å². The average molecular weight is 162 g/mol. The van der Waals surface area contributed by atoms with Crippen LogP contribution < -0.4 is 0 Å². The van der Waals surface area contributed by atoms with E-state index in [4.69, 9.17) is 5.41 Å². The molecule has 0 fully saturated rings. The molecule has 1 N–H and O–H groups in total. The van der Waals surface area contributed by atoms with Crippen molar-refractivity contribution in [2.75, 3.05) is 0 Å². The van der Waals surface area contributed by atoms with E-state index in [1.165, 1.54) is 19.3 Å². The second-order valence-corrected chi connectivity index (χ2v) is 3.02. The summed E-state index contributed by atoms with van der Waals surface area (Å²) in [5.41, 5.74) is 0.919. The third-order valence-corrected chi connectivity index (χ3v) is 1.81. The van der Waals surface area contributed by atoms with Gasteiger partial charge in [0, 0.05) is 5.71 Å². The fraction of sp³-hybridized carbons (Fsp3) is 0.800. The van der Waals surface area contributed by atoms with E-state index in [1.54, 1.807) is 0 Å². The molecule has 0 rings (SSSR count). The Labute approximate surface area is 89.0 Å². The molecule has 0 aliphatic heterocycles. The van der Waals surface area contributed by atoms with Crippen molar-refractivity contribution in [1.29, 1.82) is 5.41 Å². The Balaban J connectivity index is 0. The van der Waals surface area contributed by atoms with Gasteiger partial charge in [0.25, 0.3) is 0 Å². The molecule has 0 aromatic heterocycles. The molecule has 67 valence electrons. The van der Waals surface area contributed by atoms with Crippen LogP contribution in [-0.2, 0) is 0 Å². The van der Waals surface area contributed by atoms with Gasteiger partial charge in [-0.1, -0.05) is 33.1 Å². The zero-order valence-electron chi connectivity index (χ0n) is 7.66. The summed E-state index contributed by atoms with van der Waals surface area (Å²) >= 11 is 0. The number of rotatable bonds is 7. The molecule has 0 spiro atoms. The maximum atomic E-state index is 7.54. The zero-order chi connectivity index (χ0) is 8.53. The molecule has 0 unspecified atom stereocenters. The van der Waals surface area contributed by atoms with E-state index in [0.29, 0.717) is 0 Å². The Morgan fingerprint density at radius 2 is 1.75 bits per heavy atom.